The lowest BCUT2D eigenvalue weighted by Gasteiger charge is -2.36. The molecule has 0 spiro atoms. The number of carbonyl (C=O) groups excluding carboxylic acids is 3. The van der Waals surface area contributed by atoms with Crippen molar-refractivity contribution in [1.82, 2.24) is 15.1 Å². The standard InChI is InChI=1S/C28H40FN5O4/c1-28(2,3)38-27(37)34-20-8-6-17(11-20)24(34)26(36)31-22(25(30)35)12-16-5-7-19(13-21(16)29)33-10-9-18-14-32(4)15-23(18)33/h5,7,13,17-18,20,22-24H,6,8-12,14-15H2,1-4H3,(H2,30,35)(H,31,36)/t17-,18?,20+,22-,23?,24-/m0/s1. The summed E-state index contributed by atoms with van der Waals surface area (Å²) in [6.07, 6.45) is 2.88. The van der Waals surface area contributed by atoms with E-state index in [9.17, 15) is 14.4 Å². The van der Waals surface area contributed by atoms with Gasteiger partial charge in [0.2, 0.25) is 11.8 Å². The van der Waals surface area contributed by atoms with Crippen LogP contribution in [0.3, 0.4) is 0 Å². The number of halogens is 1. The van der Waals surface area contributed by atoms with E-state index in [0.717, 1.165) is 51.0 Å². The van der Waals surface area contributed by atoms with Crippen molar-refractivity contribution in [2.24, 2.45) is 17.6 Å². The van der Waals surface area contributed by atoms with E-state index < -0.39 is 41.4 Å². The van der Waals surface area contributed by atoms with Gasteiger partial charge in [-0.1, -0.05) is 6.07 Å². The zero-order chi connectivity index (χ0) is 27.4. The summed E-state index contributed by atoms with van der Waals surface area (Å²) in [5.41, 5.74) is 6.10. The van der Waals surface area contributed by atoms with E-state index in [1.54, 1.807) is 26.8 Å². The molecule has 10 heteroatoms. The second-order valence-electron chi connectivity index (χ2n) is 12.5. The molecular formula is C28H40FN5O4. The molecule has 2 unspecified atom stereocenters. The third-order valence-electron chi connectivity index (χ3n) is 8.64. The molecular weight excluding hydrogens is 489 g/mol. The molecule has 1 aromatic carbocycles. The number of carbonyl (C=O) groups is 3. The van der Waals surface area contributed by atoms with E-state index in [4.69, 9.17) is 10.5 Å². The third-order valence-corrected chi connectivity index (χ3v) is 8.64. The van der Waals surface area contributed by atoms with Crippen molar-refractivity contribution in [2.45, 2.75) is 82.6 Å². The number of nitrogens with two attached hydrogens (primary N) is 1. The average molecular weight is 530 g/mol. The van der Waals surface area contributed by atoms with Crippen LogP contribution >= 0.6 is 0 Å². The van der Waals surface area contributed by atoms with E-state index >= 15 is 4.39 Å². The summed E-state index contributed by atoms with van der Waals surface area (Å²) >= 11 is 0. The number of likely N-dealkylation sites (N-methyl/N-ethyl adjacent to an activating group) is 1. The molecule has 3 amide bonds. The molecule has 1 saturated carbocycles. The number of anilines is 1. The minimum absolute atomic E-state index is 0.00372. The van der Waals surface area contributed by atoms with Gasteiger partial charge in [0.25, 0.3) is 0 Å². The van der Waals surface area contributed by atoms with Crippen molar-refractivity contribution < 1.29 is 23.5 Å². The summed E-state index contributed by atoms with van der Waals surface area (Å²) < 4.78 is 20.8. The monoisotopic (exact) mass is 529 g/mol. The SMILES string of the molecule is CN1CC2CCN(c3ccc(C[C@H](NC(=O)[C@@H]4[C@H]5CC[C@H](C5)N4C(=O)OC(C)(C)C)C(N)=O)c(F)c3)C2C1. The highest BCUT2D eigenvalue weighted by atomic mass is 19.1. The van der Waals surface area contributed by atoms with Gasteiger partial charge >= 0.3 is 6.09 Å². The zero-order valence-corrected chi connectivity index (χ0v) is 22.8. The number of primary amides is 1. The lowest BCUT2D eigenvalue weighted by molar-refractivity contribution is -0.132. The van der Waals surface area contributed by atoms with E-state index in [1.165, 1.54) is 11.0 Å². The number of nitrogens with one attached hydrogen (secondary N) is 1. The minimum Gasteiger partial charge on any atom is -0.444 e. The molecule has 3 N–H and O–H groups in total. The van der Waals surface area contributed by atoms with Gasteiger partial charge in [0.1, 0.15) is 23.5 Å². The van der Waals surface area contributed by atoms with Crippen LogP contribution in [0.1, 0.15) is 52.0 Å². The van der Waals surface area contributed by atoms with Crippen molar-refractivity contribution >= 4 is 23.6 Å². The van der Waals surface area contributed by atoms with Crippen molar-refractivity contribution in [2.75, 3.05) is 31.6 Å². The number of benzene rings is 1. The van der Waals surface area contributed by atoms with Crippen LogP contribution in [0, 0.1) is 17.7 Å². The number of hydrogen-bond acceptors (Lipinski definition) is 6. The fraction of sp³-hybridized carbons (Fsp3) is 0.679. The maximum atomic E-state index is 15.3. The van der Waals surface area contributed by atoms with Crippen LogP contribution in [0.5, 0.6) is 0 Å². The summed E-state index contributed by atoms with van der Waals surface area (Å²) in [5, 5.41) is 2.73. The average Bonchev–Trinajstić information content (AvgIpc) is 3.59. The van der Waals surface area contributed by atoms with Gasteiger partial charge in [-0.3, -0.25) is 14.5 Å². The van der Waals surface area contributed by atoms with Crippen LogP contribution in [0.2, 0.25) is 0 Å². The van der Waals surface area contributed by atoms with E-state index in [2.05, 4.69) is 22.2 Å². The fourth-order valence-electron chi connectivity index (χ4n) is 6.98. The van der Waals surface area contributed by atoms with Crippen molar-refractivity contribution in [3.8, 4) is 0 Å². The Morgan fingerprint density at radius 2 is 1.92 bits per heavy atom. The number of fused-ring (bicyclic) bond motifs is 3. The Balaban J connectivity index is 1.27. The Morgan fingerprint density at radius 3 is 2.61 bits per heavy atom. The van der Waals surface area contributed by atoms with Gasteiger partial charge in [-0.25, -0.2) is 9.18 Å². The molecule has 9 nitrogen and oxygen atoms in total. The highest BCUT2D eigenvalue weighted by Crippen LogP contribution is 2.43. The Labute approximate surface area is 223 Å². The molecule has 3 heterocycles. The van der Waals surface area contributed by atoms with Crippen LogP contribution in [-0.4, -0.2) is 84.2 Å². The van der Waals surface area contributed by atoms with Gasteiger partial charge in [-0.15, -0.1) is 0 Å². The van der Waals surface area contributed by atoms with Crippen LogP contribution in [0.15, 0.2) is 18.2 Å². The predicted octanol–water partition coefficient (Wildman–Crippen LogP) is 2.27. The van der Waals surface area contributed by atoms with E-state index in [0.29, 0.717) is 17.5 Å². The molecule has 2 bridgehead atoms. The summed E-state index contributed by atoms with van der Waals surface area (Å²) in [7, 11) is 2.11. The Hall–Kier alpha value is -2.88. The number of rotatable bonds is 6. The Bertz CT molecular complexity index is 1110. The number of hydrogen-bond donors (Lipinski definition) is 2. The second-order valence-corrected chi connectivity index (χ2v) is 12.5. The number of piperidine rings is 1. The summed E-state index contributed by atoms with van der Waals surface area (Å²) in [6.45, 7) is 8.28. The van der Waals surface area contributed by atoms with Crippen LogP contribution in [-0.2, 0) is 20.7 Å². The van der Waals surface area contributed by atoms with Gasteiger partial charge in [-0.05, 0) is 83.0 Å². The lowest BCUT2D eigenvalue weighted by atomic mass is 9.97. The number of nitrogens with zero attached hydrogens (tertiary/aromatic N) is 3. The minimum atomic E-state index is -1.10. The zero-order valence-electron chi connectivity index (χ0n) is 22.8. The quantitative estimate of drug-likeness (QED) is 0.586. The molecule has 4 aliphatic rings. The molecule has 1 aromatic rings. The number of likely N-dealkylation sites (tertiary alicyclic amines) is 2. The molecule has 3 aliphatic heterocycles. The van der Waals surface area contributed by atoms with Crippen LogP contribution in [0.4, 0.5) is 14.9 Å². The maximum absolute atomic E-state index is 15.3. The summed E-state index contributed by atoms with van der Waals surface area (Å²) in [5.74, 6) is -1.02. The van der Waals surface area contributed by atoms with Crippen molar-refractivity contribution in [1.29, 1.82) is 0 Å². The first-order chi connectivity index (χ1) is 17.9. The highest BCUT2D eigenvalue weighted by molar-refractivity contribution is 5.91. The Kier molecular flexibility index (Phi) is 7.04. The van der Waals surface area contributed by atoms with Crippen molar-refractivity contribution in [3.05, 3.63) is 29.6 Å². The number of amides is 3. The van der Waals surface area contributed by atoms with E-state index in [1.807, 2.05) is 6.07 Å². The van der Waals surface area contributed by atoms with Gasteiger partial charge in [0.15, 0.2) is 0 Å². The van der Waals surface area contributed by atoms with Gasteiger partial charge < -0.3 is 25.6 Å². The number of ether oxygens (including phenoxy) is 1. The topological polar surface area (TPSA) is 108 Å². The first-order valence-electron chi connectivity index (χ1n) is 13.8. The third kappa shape index (κ3) is 5.19. The van der Waals surface area contributed by atoms with Gasteiger partial charge in [-0.2, -0.15) is 0 Å². The predicted molar refractivity (Wildman–Crippen MR) is 141 cm³/mol. The largest absolute Gasteiger partial charge is 0.444 e. The molecule has 0 aromatic heterocycles. The molecule has 0 radical (unpaired) electrons. The second kappa shape index (κ2) is 10.0. The van der Waals surface area contributed by atoms with Crippen LogP contribution < -0.4 is 16.0 Å². The molecule has 4 fully saturated rings. The van der Waals surface area contributed by atoms with E-state index in [-0.39, 0.29) is 18.4 Å². The van der Waals surface area contributed by atoms with Crippen LogP contribution in [0.25, 0.3) is 0 Å². The Morgan fingerprint density at radius 1 is 1.16 bits per heavy atom. The molecule has 6 atom stereocenters. The molecule has 208 valence electrons. The molecule has 3 saturated heterocycles. The normalized spacial score (nSPS) is 29.4. The lowest BCUT2D eigenvalue weighted by Crippen LogP contribution is -2.57. The molecule has 38 heavy (non-hydrogen) atoms. The van der Waals surface area contributed by atoms with Crippen molar-refractivity contribution in [3.63, 3.8) is 0 Å². The maximum Gasteiger partial charge on any atom is 0.411 e. The first kappa shape index (κ1) is 26.7. The highest BCUT2D eigenvalue weighted by Gasteiger charge is 2.53. The smallest absolute Gasteiger partial charge is 0.411 e. The summed E-state index contributed by atoms with van der Waals surface area (Å²) in [6, 6.07) is 3.59. The van der Waals surface area contributed by atoms with Gasteiger partial charge in [0.05, 0.1) is 0 Å². The molecule has 1 aliphatic carbocycles. The molecule has 5 rings (SSSR count). The first-order valence-corrected chi connectivity index (χ1v) is 13.8. The van der Waals surface area contributed by atoms with Gasteiger partial charge in [0, 0.05) is 43.8 Å². The summed E-state index contributed by atoms with van der Waals surface area (Å²) in [4.78, 5) is 44.7. The fourth-order valence-corrected chi connectivity index (χ4v) is 6.98.